The van der Waals surface area contributed by atoms with Crippen molar-refractivity contribution in [3.05, 3.63) is 54.4 Å². The zero-order chi connectivity index (χ0) is 14.5. The summed E-state index contributed by atoms with van der Waals surface area (Å²) in [5.74, 6) is 1.69. The third kappa shape index (κ3) is 3.28. The van der Waals surface area contributed by atoms with E-state index in [-0.39, 0.29) is 5.91 Å². The number of nitrogens with one attached hydrogen (secondary N) is 1. The average Bonchev–Trinajstić information content (AvgIpc) is 3.15. The fourth-order valence-electron chi connectivity index (χ4n) is 2.16. The number of pyridine rings is 1. The summed E-state index contributed by atoms with van der Waals surface area (Å²) in [5.41, 5.74) is 0.816. The Labute approximate surface area is 121 Å². The van der Waals surface area contributed by atoms with Crippen LogP contribution in [0.2, 0.25) is 0 Å². The number of carbonyl (C=O) groups is 1. The lowest BCUT2D eigenvalue weighted by Gasteiger charge is -2.03. The largest absolute Gasteiger partial charge is 0.469 e. The maximum Gasteiger partial charge on any atom is 0.220 e. The molecule has 1 amide bonds. The van der Waals surface area contributed by atoms with Gasteiger partial charge in [0.05, 0.1) is 6.26 Å². The molecule has 3 rings (SSSR count). The lowest BCUT2D eigenvalue weighted by Crippen LogP contribution is -2.26. The molecule has 3 heterocycles. The van der Waals surface area contributed by atoms with Crippen LogP contribution in [0.5, 0.6) is 0 Å². The predicted molar refractivity (Wildman–Crippen MR) is 76.7 cm³/mol. The maximum atomic E-state index is 11.7. The first kappa shape index (κ1) is 13.4. The first-order chi connectivity index (χ1) is 10.3. The van der Waals surface area contributed by atoms with Gasteiger partial charge in [0.2, 0.25) is 5.91 Å². The van der Waals surface area contributed by atoms with E-state index in [2.05, 4.69) is 15.5 Å². The molecule has 0 fully saturated rings. The smallest absolute Gasteiger partial charge is 0.220 e. The van der Waals surface area contributed by atoms with Crippen LogP contribution in [0.15, 0.2) is 47.2 Å². The van der Waals surface area contributed by atoms with Crippen LogP contribution in [0.1, 0.15) is 18.0 Å². The number of rotatable bonds is 6. The number of amides is 1. The number of hydrogen-bond donors (Lipinski definition) is 1. The van der Waals surface area contributed by atoms with Gasteiger partial charge in [-0.3, -0.25) is 9.20 Å². The third-order valence-corrected chi connectivity index (χ3v) is 3.23. The fraction of sp³-hybridized carbons (Fsp3) is 0.267. The second-order valence-corrected chi connectivity index (χ2v) is 4.72. The Morgan fingerprint density at radius 3 is 3.00 bits per heavy atom. The molecule has 0 aliphatic carbocycles. The van der Waals surface area contributed by atoms with Crippen LogP contribution < -0.4 is 5.32 Å². The lowest BCUT2D eigenvalue weighted by atomic mass is 10.2. The molecule has 0 saturated carbocycles. The Kier molecular flexibility index (Phi) is 3.95. The van der Waals surface area contributed by atoms with Crippen molar-refractivity contribution >= 4 is 11.6 Å². The summed E-state index contributed by atoms with van der Waals surface area (Å²) in [5, 5.41) is 11.1. The third-order valence-electron chi connectivity index (χ3n) is 3.23. The van der Waals surface area contributed by atoms with Crippen molar-refractivity contribution in [1.82, 2.24) is 19.9 Å². The molecular weight excluding hydrogens is 268 g/mol. The molecule has 0 spiro atoms. The molecule has 3 aromatic rings. The van der Waals surface area contributed by atoms with Gasteiger partial charge in [-0.15, -0.1) is 10.2 Å². The van der Waals surface area contributed by atoms with E-state index in [1.807, 2.05) is 40.9 Å². The number of hydrogen-bond acceptors (Lipinski definition) is 4. The van der Waals surface area contributed by atoms with Crippen molar-refractivity contribution in [3.8, 4) is 0 Å². The Hall–Kier alpha value is -2.63. The molecule has 0 aromatic carbocycles. The standard InChI is InChI=1S/C15H16N4O2/c20-15(7-6-12-4-3-11-21-12)16-9-8-14-18-17-13-5-1-2-10-19(13)14/h1-5,10-11H,6-9H2,(H,16,20). The van der Waals surface area contributed by atoms with E-state index in [0.29, 0.717) is 25.8 Å². The summed E-state index contributed by atoms with van der Waals surface area (Å²) in [7, 11) is 0. The van der Waals surface area contributed by atoms with Crippen LogP contribution in [0.4, 0.5) is 0 Å². The number of aryl methyl sites for hydroxylation is 1. The first-order valence-corrected chi connectivity index (χ1v) is 6.90. The second-order valence-electron chi connectivity index (χ2n) is 4.72. The minimum atomic E-state index is 0.0141. The summed E-state index contributed by atoms with van der Waals surface area (Å²) >= 11 is 0. The molecular formula is C15H16N4O2. The summed E-state index contributed by atoms with van der Waals surface area (Å²) in [6.45, 7) is 0.548. The predicted octanol–water partition coefficient (Wildman–Crippen LogP) is 1.61. The molecule has 6 nitrogen and oxygen atoms in total. The molecule has 21 heavy (non-hydrogen) atoms. The Bertz CT molecular complexity index is 718. The van der Waals surface area contributed by atoms with Gasteiger partial charge in [0.25, 0.3) is 0 Å². The van der Waals surface area contributed by atoms with E-state index >= 15 is 0 Å². The van der Waals surface area contributed by atoms with Gasteiger partial charge in [0, 0.05) is 32.0 Å². The van der Waals surface area contributed by atoms with Crippen LogP contribution in [0, 0.1) is 0 Å². The van der Waals surface area contributed by atoms with Crippen LogP contribution in [0.25, 0.3) is 5.65 Å². The van der Waals surface area contributed by atoms with Gasteiger partial charge in [0.15, 0.2) is 5.65 Å². The molecule has 0 bridgehead atoms. The van der Waals surface area contributed by atoms with Gasteiger partial charge in [-0.1, -0.05) is 6.07 Å². The topological polar surface area (TPSA) is 72.4 Å². The van der Waals surface area contributed by atoms with E-state index in [1.54, 1.807) is 6.26 Å². The maximum absolute atomic E-state index is 11.7. The summed E-state index contributed by atoms with van der Waals surface area (Å²) in [6, 6.07) is 9.45. The van der Waals surface area contributed by atoms with Crippen molar-refractivity contribution in [2.45, 2.75) is 19.3 Å². The van der Waals surface area contributed by atoms with Gasteiger partial charge >= 0.3 is 0 Å². The minimum Gasteiger partial charge on any atom is -0.469 e. The van der Waals surface area contributed by atoms with Gasteiger partial charge in [0.1, 0.15) is 11.6 Å². The zero-order valence-corrected chi connectivity index (χ0v) is 11.5. The van der Waals surface area contributed by atoms with E-state index < -0.39 is 0 Å². The van der Waals surface area contributed by atoms with Crippen LogP contribution in [0.3, 0.4) is 0 Å². The number of fused-ring (bicyclic) bond motifs is 1. The van der Waals surface area contributed by atoms with Crippen LogP contribution >= 0.6 is 0 Å². The number of aromatic nitrogens is 3. The molecule has 0 atom stereocenters. The molecule has 3 aromatic heterocycles. The Morgan fingerprint density at radius 1 is 1.19 bits per heavy atom. The quantitative estimate of drug-likeness (QED) is 0.746. The number of nitrogens with zero attached hydrogens (tertiary/aromatic N) is 3. The van der Waals surface area contributed by atoms with E-state index in [0.717, 1.165) is 17.2 Å². The lowest BCUT2D eigenvalue weighted by molar-refractivity contribution is -0.121. The highest BCUT2D eigenvalue weighted by molar-refractivity contribution is 5.76. The summed E-state index contributed by atoms with van der Waals surface area (Å²) < 4.78 is 7.12. The molecule has 1 N–H and O–H groups in total. The number of furan rings is 1. The van der Waals surface area contributed by atoms with Crippen molar-refractivity contribution in [2.24, 2.45) is 0 Å². The molecule has 108 valence electrons. The van der Waals surface area contributed by atoms with Gasteiger partial charge in [-0.05, 0) is 24.3 Å². The first-order valence-electron chi connectivity index (χ1n) is 6.90. The van der Waals surface area contributed by atoms with Gasteiger partial charge < -0.3 is 9.73 Å². The van der Waals surface area contributed by atoms with Crippen molar-refractivity contribution in [1.29, 1.82) is 0 Å². The molecule has 0 aliphatic heterocycles. The van der Waals surface area contributed by atoms with Crippen molar-refractivity contribution < 1.29 is 9.21 Å². The average molecular weight is 284 g/mol. The number of carbonyl (C=O) groups excluding carboxylic acids is 1. The Morgan fingerprint density at radius 2 is 2.14 bits per heavy atom. The van der Waals surface area contributed by atoms with Gasteiger partial charge in [-0.25, -0.2) is 0 Å². The Balaban J connectivity index is 1.46. The van der Waals surface area contributed by atoms with Crippen LogP contribution in [-0.4, -0.2) is 27.0 Å². The molecule has 6 heteroatoms. The van der Waals surface area contributed by atoms with Crippen molar-refractivity contribution in [3.63, 3.8) is 0 Å². The van der Waals surface area contributed by atoms with Crippen molar-refractivity contribution in [2.75, 3.05) is 6.54 Å². The highest BCUT2D eigenvalue weighted by atomic mass is 16.3. The second kappa shape index (κ2) is 6.21. The van der Waals surface area contributed by atoms with E-state index in [4.69, 9.17) is 4.42 Å². The van der Waals surface area contributed by atoms with E-state index in [1.165, 1.54) is 0 Å². The zero-order valence-electron chi connectivity index (χ0n) is 11.5. The molecule has 0 aliphatic rings. The normalized spacial score (nSPS) is 10.9. The highest BCUT2D eigenvalue weighted by Crippen LogP contribution is 2.04. The summed E-state index contributed by atoms with van der Waals surface area (Å²) in [4.78, 5) is 11.7. The van der Waals surface area contributed by atoms with Crippen LogP contribution in [-0.2, 0) is 17.6 Å². The monoisotopic (exact) mass is 284 g/mol. The SMILES string of the molecule is O=C(CCc1ccco1)NCCc1nnc2ccccn12. The minimum absolute atomic E-state index is 0.0141. The fourth-order valence-corrected chi connectivity index (χ4v) is 2.16. The van der Waals surface area contributed by atoms with Gasteiger partial charge in [-0.2, -0.15) is 0 Å². The molecule has 0 radical (unpaired) electrons. The molecule has 0 unspecified atom stereocenters. The summed E-state index contributed by atoms with van der Waals surface area (Å²) in [6.07, 6.45) is 5.23. The highest BCUT2D eigenvalue weighted by Gasteiger charge is 2.06. The molecule has 0 saturated heterocycles. The van der Waals surface area contributed by atoms with E-state index in [9.17, 15) is 4.79 Å².